The molecule has 3 nitrogen and oxygen atoms in total. The summed E-state index contributed by atoms with van der Waals surface area (Å²) < 4.78 is 0. The number of hydrogen-bond donors (Lipinski definition) is 1. The van der Waals surface area contributed by atoms with Gasteiger partial charge in [0.2, 0.25) is 0 Å². The summed E-state index contributed by atoms with van der Waals surface area (Å²) in [7, 11) is 0. The zero-order valence-electron chi connectivity index (χ0n) is 12.7. The molecule has 2 unspecified atom stereocenters. The lowest BCUT2D eigenvalue weighted by molar-refractivity contribution is 0.221. The Balaban J connectivity index is 2.40. The van der Waals surface area contributed by atoms with Gasteiger partial charge in [0, 0.05) is 13.1 Å². The normalized spacial score (nSPS) is 24.8. The van der Waals surface area contributed by atoms with Crippen molar-refractivity contribution in [2.24, 2.45) is 11.3 Å². The lowest BCUT2D eigenvalue weighted by atomic mass is 9.80. The summed E-state index contributed by atoms with van der Waals surface area (Å²) in [6, 6.07) is 2.41. The molecule has 1 aliphatic rings. The first kappa shape index (κ1) is 15.5. The Morgan fingerprint density at radius 2 is 2.00 bits per heavy atom. The van der Waals surface area contributed by atoms with Crippen LogP contribution in [0.4, 0.5) is 0 Å². The van der Waals surface area contributed by atoms with Gasteiger partial charge in [-0.1, -0.05) is 27.7 Å². The van der Waals surface area contributed by atoms with Crippen molar-refractivity contribution in [3.05, 3.63) is 0 Å². The van der Waals surface area contributed by atoms with Gasteiger partial charge in [-0.15, -0.1) is 0 Å². The summed E-state index contributed by atoms with van der Waals surface area (Å²) in [4.78, 5) is 2.52. The van der Waals surface area contributed by atoms with Gasteiger partial charge in [-0.2, -0.15) is 5.26 Å². The van der Waals surface area contributed by atoms with Gasteiger partial charge in [-0.25, -0.2) is 0 Å². The van der Waals surface area contributed by atoms with E-state index in [0.717, 1.165) is 25.4 Å². The molecule has 0 aromatic rings. The Kier molecular flexibility index (Phi) is 5.19. The van der Waals surface area contributed by atoms with Crippen LogP contribution >= 0.6 is 0 Å². The zero-order chi connectivity index (χ0) is 13.8. The van der Waals surface area contributed by atoms with Crippen molar-refractivity contribution in [3.8, 4) is 6.07 Å². The molecule has 0 spiro atoms. The van der Waals surface area contributed by atoms with Crippen LogP contribution in [0.25, 0.3) is 0 Å². The Labute approximate surface area is 113 Å². The average molecular weight is 251 g/mol. The third-order valence-electron chi connectivity index (χ3n) is 4.24. The lowest BCUT2D eigenvalue weighted by Gasteiger charge is -2.28. The Hall–Kier alpha value is -0.590. The van der Waals surface area contributed by atoms with Crippen molar-refractivity contribution in [1.29, 1.82) is 5.26 Å². The fraction of sp³-hybridized carbons (Fsp3) is 0.933. The molecule has 0 aromatic heterocycles. The van der Waals surface area contributed by atoms with Crippen LogP contribution in [0.3, 0.4) is 0 Å². The number of hydrogen-bond acceptors (Lipinski definition) is 3. The van der Waals surface area contributed by atoms with Gasteiger partial charge in [0.05, 0.1) is 6.07 Å². The van der Waals surface area contributed by atoms with Crippen molar-refractivity contribution in [1.82, 2.24) is 10.2 Å². The van der Waals surface area contributed by atoms with Crippen LogP contribution in [0, 0.1) is 22.7 Å². The first-order valence-electron chi connectivity index (χ1n) is 7.19. The SMILES string of the molecule is CCNC(C)(C#N)CCN1CCC(C(C)(C)C)C1. The van der Waals surface area contributed by atoms with Crippen LogP contribution in [0.1, 0.15) is 47.5 Å². The van der Waals surface area contributed by atoms with Crippen molar-refractivity contribution in [3.63, 3.8) is 0 Å². The standard InChI is InChI=1S/C15H29N3/c1-6-17-15(5,12-16)8-10-18-9-7-13(11-18)14(2,3)4/h13,17H,6-11H2,1-5H3. The molecule has 104 valence electrons. The van der Waals surface area contributed by atoms with E-state index in [-0.39, 0.29) is 5.54 Å². The van der Waals surface area contributed by atoms with Crippen molar-refractivity contribution >= 4 is 0 Å². The number of nitriles is 1. The molecule has 1 heterocycles. The maximum atomic E-state index is 9.24. The van der Waals surface area contributed by atoms with Crippen LogP contribution in [-0.4, -0.2) is 36.6 Å². The Bertz CT molecular complexity index is 300. The van der Waals surface area contributed by atoms with Gasteiger partial charge >= 0.3 is 0 Å². The van der Waals surface area contributed by atoms with E-state index in [4.69, 9.17) is 0 Å². The molecule has 0 radical (unpaired) electrons. The largest absolute Gasteiger partial charge is 0.303 e. The zero-order valence-corrected chi connectivity index (χ0v) is 12.7. The smallest absolute Gasteiger partial charge is 0.105 e. The van der Waals surface area contributed by atoms with E-state index in [9.17, 15) is 5.26 Å². The second kappa shape index (κ2) is 6.04. The molecule has 0 bridgehead atoms. The Morgan fingerprint density at radius 1 is 1.33 bits per heavy atom. The molecule has 0 amide bonds. The third-order valence-corrected chi connectivity index (χ3v) is 4.24. The molecule has 1 aliphatic heterocycles. The molecule has 1 fully saturated rings. The molecule has 1 N–H and O–H groups in total. The maximum Gasteiger partial charge on any atom is 0.105 e. The van der Waals surface area contributed by atoms with E-state index >= 15 is 0 Å². The molecule has 1 rings (SSSR count). The van der Waals surface area contributed by atoms with Gasteiger partial charge in [-0.05, 0) is 44.2 Å². The van der Waals surface area contributed by atoms with E-state index in [1.165, 1.54) is 19.5 Å². The fourth-order valence-corrected chi connectivity index (χ4v) is 2.70. The monoisotopic (exact) mass is 251 g/mol. The minimum absolute atomic E-state index is 0.366. The van der Waals surface area contributed by atoms with Crippen LogP contribution in [0.2, 0.25) is 0 Å². The summed E-state index contributed by atoms with van der Waals surface area (Å²) >= 11 is 0. The highest BCUT2D eigenvalue weighted by atomic mass is 15.1. The Morgan fingerprint density at radius 3 is 2.44 bits per heavy atom. The summed E-state index contributed by atoms with van der Waals surface area (Å²) in [5.74, 6) is 0.796. The molecule has 18 heavy (non-hydrogen) atoms. The van der Waals surface area contributed by atoms with Crippen LogP contribution in [0.5, 0.6) is 0 Å². The molecular weight excluding hydrogens is 222 g/mol. The van der Waals surface area contributed by atoms with Gasteiger partial charge < -0.3 is 4.90 Å². The quantitative estimate of drug-likeness (QED) is 0.816. The second-order valence-electron chi connectivity index (χ2n) is 6.88. The van der Waals surface area contributed by atoms with E-state index in [1.54, 1.807) is 0 Å². The topological polar surface area (TPSA) is 39.1 Å². The number of nitrogens with zero attached hydrogens (tertiary/aromatic N) is 2. The van der Waals surface area contributed by atoms with Gasteiger partial charge in [0.15, 0.2) is 0 Å². The van der Waals surface area contributed by atoms with Gasteiger partial charge in [0.25, 0.3) is 0 Å². The van der Waals surface area contributed by atoms with Crippen molar-refractivity contribution in [2.45, 2.75) is 53.0 Å². The van der Waals surface area contributed by atoms with Gasteiger partial charge in [0.1, 0.15) is 5.54 Å². The summed E-state index contributed by atoms with van der Waals surface area (Å²) in [5.41, 5.74) is 0.0452. The highest BCUT2D eigenvalue weighted by Crippen LogP contribution is 2.33. The molecule has 2 atom stereocenters. The van der Waals surface area contributed by atoms with Crippen molar-refractivity contribution in [2.75, 3.05) is 26.2 Å². The van der Waals surface area contributed by atoms with E-state index < -0.39 is 0 Å². The average Bonchev–Trinajstić information content (AvgIpc) is 2.75. The van der Waals surface area contributed by atoms with Crippen LogP contribution in [-0.2, 0) is 0 Å². The molecule has 0 aromatic carbocycles. The molecule has 0 saturated carbocycles. The molecular formula is C15H29N3. The molecule has 3 heteroatoms. The highest BCUT2D eigenvalue weighted by Gasteiger charge is 2.32. The number of likely N-dealkylation sites (tertiary alicyclic amines) is 1. The lowest BCUT2D eigenvalue weighted by Crippen LogP contribution is -2.43. The summed E-state index contributed by atoms with van der Waals surface area (Å²) in [6.07, 6.45) is 2.21. The number of rotatable bonds is 5. The van der Waals surface area contributed by atoms with Gasteiger partial charge in [-0.3, -0.25) is 5.32 Å². The highest BCUT2D eigenvalue weighted by molar-refractivity contribution is 5.04. The van der Waals surface area contributed by atoms with E-state index in [2.05, 4.69) is 44.0 Å². The predicted octanol–water partition coefficient (Wildman–Crippen LogP) is 2.64. The minimum atomic E-state index is -0.366. The molecule has 0 aliphatic carbocycles. The summed E-state index contributed by atoms with van der Waals surface area (Å²) in [6.45, 7) is 15.3. The van der Waals surface area contributed by atoms with E-state index in [0.29, 0.717) is 5.41 Å². The first-order chi connectivity index (χ1) is 8.30. The maximum absolute atomic E-state index is 9.24. The van der Waals surface area contributed by atoms with E-state index in [1.807, 2.05) is 6.92 Å². The minimum Gasteiger partial charge on any atom is -0.303 e. The fourth-order valence-electron chi connectivity index (χ4n) is 2.70. The number of nitrogens with one attached hydrogen (secondary N) is 1. The van der Waals surface area contributed by atoms with Crippen LogP contribution in [0.15, 0.2) is 0 Å². The second-order valence-corrected chi connectivity index (χ2v) is 6.88. The first-order valence-corrected chi connectivity index (χ1v) is 7.19. The predicted molar refractivity (Wildman–Crippen MR) is 76.3 cm³/mol. The summed E-state index contributed by atoms with van der Waals surface area (Å²) in [5, 5.41) is 12.5. The van der Waals surface area contributed by atoms with Crippen molar-refractivity contribution < 1.29 is 0 Å². The molecule has 1 saturated heterocycles. The van der Waals surface area contributed by atoms with Crippen LogP contribution < -0.4 is 5.32 Å². The third kappa shape index (κ3) is 4.26.